The number of carbonyl (C=O) groups excluding carboxylic acids is 1. The Morgan fingerprint density at radius 3 is 2.62 bits per heavy atom. The van der Waals surface area contributed by atoms with Crippen molar-refractivity contribution in [3.05, 3.63) is 69.3 Å². The van der Waals surface area contributed by atoms with Crippen molar-refractivity contribution in [3.63, 3.8) is 0 Å². The van der Waals surface area contributed by atoms with E-state index in [0.29, 0.717) is 17.7 Å². The Morgan fingerprint density at radius 2 is 1.96 bits per heavy atom. The molecule has 3 rings (SSSR count). The summed E-state index contributed by atoms with van der Waals surface area (Å²) in [5.74, 6) is -0.116. The van der Waals surface area contributed by atoms with E-state index in [1.165, 1.54) is 6.07 Å². The van der Waals surface area contributed by atoms with Crippen molar-refractivity contribution >= 4 is 17.3 Å². The molecule has 6 heteroatoms. The molecule has 0 spiro atoms. The van der Waals surface area contributed by atoms with Crippen molar-refractivity contribution in [1.29, 1.82) is 0 Å². The van der Waals surface area contributed by atoms with Gasteiger partial charge in [0.1, 0.15) is 0 Å². The maximum Gasteiger partial charge on any atom is 0.272 e. The molecule has 0 fully saturated rings. The van der Waals surface area contributed by atoms with Crippen molar-refractivity contribution in [3.8, 4) is 0 Å². The first-order valence-corrected chi connectivity index (χ1v) is 8.72. The fourth-order valence-corrected chi connectivity index (χ4v) is 3.63. The molecule has 136 valence electrons. The molecule has 0 aromatic heterocycles. The zero-order valence-corrected chi connectivity index (χ0v) is 15.3. The highest BCUT2D eigenvalue weighted by Crippen LogP contribution is 2.36. The number of nitro groups is 1. The van der Waals surface area contributed by atoms with Gasteiger partial charge in [-0.1, -0.05) is 18.2 Å². The van der Waals surface area contributed by atoms with Gasteiger partial charge in [-0.15, -0.1) is 0 Å². The summed E-state index contributed by atoms with van der Waals surface area (Å²) in [5.41, 5.74) is 3.07. The second-order valence-electron chi connectivity index (χ2n) is 6.90. The molecule has 2 aromatic rings. The first-order valence-electron chi connectivity index (χ1n) is 8.72. The molecule has 0 aliphatic carbocycles. The monoisotopic (exact) mass is 353 g/mol. The lowest BCUT2D eigenvalue weighted by molar-refractivity contribution is -0.385. The van der Waals surface area contributed by atoms with Crippen LogP contribution in [0.25, 0.3) is 0 Å². The second-order valence-corrected chi connectivity index (χ2v) is 6.90. The summed E-state index contributed by atoms with van der Waals surface area (Å²) >= 11 is 0. The minimum Gasteiger partial charge on any atom is -0.308 e. The molecule has 1 aliphatic heterocycles. The fourth-order valence-electron chi connectivity index (χ4n) is 3.63. The number of benzene rings is 2. The smallest absolute Gasteiger partial charge is 0.272 e. The average Bonchev–Trinajstić information content (AvgIpc) is 2.80. The Balaban J connectivity index is 2.00. The number of anilines is 1. The van der Waals surface area contributed by atoms with E-state index in [-0.39, 0.29) is 17.6 Å². The predicted molar refractivity (Wildman–Crippen MR) is 102 cm³/mol. The van der Waals surface area contributed by atoms with Gasteiger partial charge in [-0.25, -0.2) is 0 Å². The molecular formula is C20H23N3O3. The van der Waals surface area contributed by atoms with Gasteiger partial charge in [0.15, 0.2) is 0 Å². The standard InChI is InChI=1S/C20H23N3O3/c1-14-13-15(10-11-17(14)23(25)26)20(24)22-12-6-9-18(21(2)3)16-7-4-5-8-19(16)22/h4-5,7-8,10-11,13,18H,6,9,12H2,1-3H3. The quantitative estimate of drug-likeness (QED) is 0.619. The van der Waals surface area contributed by atoms with Crippen LogP contribution in [0.3, 0.4) is 0 Å². The van der Waals surface area contributed by atoms with E-state index in [9.17, 15) is 14.9 Å². The van der Waals surface area contributed by atoms with Crippen LogP contribution in [0.2, 0.25) is 0 Å². The highest BCUT2D eigenvalue weighted by Gasteiger charge is 2.28. The third kappa shape index (κ3) is 3.32. The van der Waals surface area contributed by atoms with Crippen LogP contribution in [0.4, 0.5) is 11.4 Å². The number of hydrogen-bond donors (Lipinski definition) is 0. The number of rotatable bonds is 3. The summed E-state index contributed by atoms with van der Waals surface area (Å²) < 4.78 is 0. The largest absolute Gasteiger partial charge is 0.308 e. The van der Waals surface area contributed by atoms with E-state index >= 15 is 0 Å². The first-order chi connectivity index (χ1) is 12.4. The zero-order valence-electron chi connectivity index (χ0n) is 15.3. The van der Waals surface area contributed by atoms with Gasteiger partial charge in [0.2, 0.25) is 0 Å². The average molecular weight is 353 g/mol. The predicted octanol–water partition coefficient (Wildman–Crippen LogP) is 3.95. The van der Waals surface area contributed by atoms with Gasteiger partial charge in [-0.05, 0) is 57.6 Å². The Labute approximate surface area is 153 Å². The normalized spacial score (nSPS) is 16.9. The van der Waals surface area contributed by atoms with Gasteiger partial charge in [-0.2, -0.15) is 0 Å². The van der Waals surface area contributed by atoms with E-state index < -0.39 is 4.92 Å². The molecule has 6 nitrogen and oxygen atoms in total. The number of nitrogens with zero attached hydrogens (tertiary/aromatic N) is 3. The maximum atomic E-state index is 13.2. The lowest BCUT2D eigenvalue weighted by atomic mass is 10.0. The SMILES string of the molecule is Cc1cc(C(=O)N2CCCC(N(C)C)c3ccccc32)ccc1[N+](=O)[O-]. The molecule has 1 atom stereocenters. The Kier molecular flexibility index (Phi) is 5.04. The second kappa shape index (κ2) is 7.25. The molecule has 0 saturated heterocycles. The van der Waals surface area contributed by atoms with Gasteiger partial charge in [0.05, 0.1) is 4.92 Å². The summed E-state index contributed by atoms with van der Waals surface area (Å²) in [6, 6.07) is 12.8. The Morgan fingerprint density at radius 1 is 1.23 bits per heavy atom. The molecule has 26 heavy (non-hydrogen) atoms. The molecule has 0 N–H and O–H groups in total. The molecule has 0 radical (unpaired) electrons. The zero-order chi connectivity index (χ0) is 18.8. The number of nitro benzene ring substituents is 1. The lowest BCUT2D eigenvalue weighted by Gasteiger charge is -2.27. The minimum absolute atomic E-state index is 0.0329. The van der Waals surface area contributed by atoms with Crippen LogP contribution in [0.5, 0.6) is 0 Å². The van der Waals surface area contributed by atoms with Crippen LogP contribution in [-0.4, -0.2) is 36.4 Å². The van der Waals surface area contributed by atoms with Crippen molar-refractivity contribution in [2.24, 2.45) is 0 Å². The highest BCUT2D eigenvalue weighted by atomic mass is 16.6. The van der Waals surface area contributed by atoms with Gasteiger partial charge >= 0.3 is 0 Å². The van der Waals surface area contributed by atoms with Gasteiger partial charge < -0.3 is 9.80 Å². The van der Waals surface area contributed by atoms with E-state index in [4.69, 9.17) is 0 Å². The van der Waals surface area contributed by atoms with Crippen LogP contribution in [0.1, 0.15) is 40.4 Å². The number of carbonyl (C=O) groups is 1. The molecular weight excluding hydrogens is 330 g/mol. The maximum absolute atomic E-state index is 13.2. The summed E-state index contributed by atoms with van der Waals surface area (Å²) in [6.45, 7) is 2.30. The van der Waals surface area contributed by atoms with Crippen LogP contribution in [-0.2, 0) is 0 Å². The third-order valence-corrected chi connectivity index (χ3v) is 4.95. The van der Waals surface area contributed by atoms with Crippen molar-refractivity contribution in [2.45, 2.75) is 25.8 Å². The number of para-hydroxylation sites is 1. The molecule has 2 aromatic carbocycles. The third-order valence-electron chi connectivity index (χ3n) is 4.95. The van der Waals surface area contributed by atoms with Gasteiger partial charge in [0.25, 0.3) is 11.6 Å². The molecule has 0 saturated carbocycles. The van der Waals surface area contributed by atoms with Gasteiger partial charge in [-0.3, -0.25) is 14.9 Å². The lowest BCUT2D eigenvalue weighted by Crippen LogP contribution is -2.32. The molecule has 0 bridgehead atoms. The summed E-state index contributed by atoms with van der Waals surface area (Å²) in [5, 5.41) is 11.0. The van der Waals surface area contributed by atoms with Crippen LogP contribution in [0.15, 0.2) is 42.5 Å². The van der Waals surface area contributed by atoms with Crippen molar-refractivity contribution < 1.29 is 9.72 Å². The molecule has 1 heterocycles. The number of hydrogen-bond acceptors (Lipinski definition) is 4. The Bertz CT molecular complexity index is 848. The number of amides is 1. The van der Waals surface area contributed by atoms with Crippen LogP contribution >= 0.6 is 0 Å². The summed E-state index contributed by atoms with van der Waals surface area (Å²) in [4.78, 5) is 27.8. The molecule has 1 unspecified atom stereocenters. The van der Waals surface area contributed by atoms with E-state index in [2.05, 4.69) is 25.1 Å². The van der Waals surface area contributed by atoms with Crippen molar-refractivity contribution in [1.82, 2.24) is 4.90 Å². The van der Waals surface area contributed by atoms with Crippen molar-refractivity contribution in [2.75, 3.05) is 25.5 Å². The number of aryl methyl sites for hydroxylation is 1. The van der Waals surface area contributed by atoms with E-state index in [1.54, 1.807) is 24.0 Å². The molecule has 1 amide bonds. The minimum atomic E-state index is -0.424. The van der Waals surface area contributed by atoms with Gasteiger partial charge in [0, 0.05) is 35.5 Å². The summed E-state index contributed by atoms with van der Waals surface area (Å²) in [6.07, 6.45) is 1.88. The number of fused-ring (bicyclic) bond motifs is 1. The van der Waals surface area contributed by atoms with Crippen LogP contribution < -0.4 is 4.90 Å². The topological polar surface area (TPSA) is 66.7 Å². The summed E-state index contributed by atoms with van der Waals surface area (Å²) in [7, 11) is 4.11. The van der Waals surface area contributed by atoms with Crippen LogP contribution in [0, 0.1) is 17.0 Å². The fraction of sp³-hybridized carbons (Fsp3) is 0.350. The molecule has 1 aliphatic rings. The highest BCUT2D eigenvalue weighted by molar-refractivity contribution is 6.06. The first kappa shape index (κ1) is 18.1. The Hall–Kier alpha value is -2.73. The van der Waals surface area contributed by atoms with E-state index in [1.807, 2.05) is 18.2 Å². The van der Waals surface area contributed by atoms with E-state index in [0.717, 1.165) is 24.1 Å².